The molecule has 0 spiro atoms. The Kier molecular flexibility index (Phi) is 3.05. The first kappa shape index (κ1) is 12.3. The quantitative estimate of drug-likeness (QED) is 0.772. The molecule has 0 unspecified atom stereocenters. The van der Waals surface area contributed by atoms with Crippen molar-refractivity contribution in [1.29, 1.82) is 0 Å². The van der Waals surface area contributed by atoms with Gasteiger partial charge in [-0.15, -0.1) is 11.3 Å². The summed E-state index contributed by atoms with van der Waals surface area (Å²) in [7, 11) is 0. The number of benzene rings is 1. The fraction of sp³-hybridized carbons (Fsp3) is 0. The van der Waals surface area contributed by atoms with Gasteiger partial charge in [0.15, 0.2) is 5.69 Å². The van der Waals surface area contributed by atoms with Gasteiger partial charge in [-0.05, 0) is 12.1 Å². The Balaban J connectivity index is 2.10. The number of hydrogen-bond donors (Lipinski definition) is 2. The molecule has 0 bridgehead atoms. The zero-order valence-corrected chi connectivity index (χ0v) is 11.5. The Morgan fingerprint density at radius 1 is 1.37 bits per heavy atom. The van der Waals surface area contributed by atoms with Crippen molar-refractivity contribution in [2.75, 3.05) is 5.32 Å². The molecule has 0 saturated carbocycles. The summed E-state index contributed by atoms with van der Waals surface area (Å²) >= 11 is 8.38. The molecule has 0 atom stereocenters. The Morgan fingerprint density at radius 3 is 3.00 bits per heavy atom. The van der Waals surface area contributed by atoms with Gasteiger partial charge < -0.3 is 10.4 Å². The van der Waals surface area contributed by atoms with Crippen LogP contribution in [-0.4, -0.2) is 24.8 Å². The van der Waals surface area contributed by atoms with Crippen LogP contribution in [0.1, 0.15) is 10.5 Å². The molecule has 0 aliphatic heterocycles. The van der Waals surface area contributed by atoms with Crippen molar-refractivity contribution in [1.82, 2.24) is 13.7 Å². The van der Waals surface area contributed by atoms with Crippen molar-refractivity contribution in [3.05, 3.63) is 28.4 Å². The van der Waals surface area contributed by atoms with Gasteiger partial charge in [0.25, 0.3) is 0 Å². The van der Waals surface area contributed by atoms with Gasteiger partial charge in [0.2, 0.25) is 0 Å². The maximum absolute atomic E-state index is 11.0. The van der Waals surface area contributed by atoms with Gasteiger partial charge in [0.05, 0.1) is 27.9 Å². The maximum atomic E-state index is 11.0. The standard InChI is InChI=1S/C10H5ClN4O2S2/c11-4-1-2-5-7(15-19-14-5)6(4)13-9-8(10(16)17)12-3-18-9/h1-3,13H,(H,16,17). The molecule has 0 fully saturated rings. The predicted molar refractivity (Wildman–Crippen MR) is 74.8 cm³/mol. The minimum Gasteiger partial charge on any atom is -0.476 e. The van der Waals surface area contributed by atoms with E-state index >= 15 is 0 Å². The van der Waals surface area contributed by atoms with Crippen LogP contribution in [0.3, 0.4) is 0 Å². The van der Waals surface area contributed by atoms with Crippen molar-refractivity contribution >= 4 is 62.4 Å². The van der Waals surface area contributed by atoms with Crippen LogP contribution in [0.4, 0.5) is 10.7 Å². The topological polar surface area (TPSA) is 88.0 Å². The summed E-state index contributed by atoms with van der Waals surface area (Å²) in [6.07, 6.45) is 0. The van der Waals surface area contributed by atoms with Crippen LogP contribution in [0.2, 0.25) is 5.02 Å². The van der Waals surface area contributed by atoms with E-state index in [0.29, 0.717) is 26.7 Å². The van der Waals surface area contributed by atoms with Crippen molar-refractivity contribution in [3.8, 4) is 0 Å². The smallest absolute Gasteiger partial charge is 0.357 e. The van der Waals surface area contributed by atoms with E-state index in [0.717, 1.165) is 11.7 Å². The number of carboxylic acid groups (broad SMARTS) is 1. The van der Waals surface area contributed by atoms with E-state index in [1.807, 2.05) is 0 Å². The average Bonchev–Trinajstić information content (AvgIpc) is 3.01. The minimum atomic E-state index is -1.09. The zero-order valence-electron chi connectivity index (χ0n) is 9.12. The average molecular weight is 313 g/mol. The van der Waals surface area contributed by atoms with E-state index < -0.39 is 5.97 Å². The monoisotopic (exact) mass is 312 g/mol. The molecule has 9 heteroatoms. The van der Waals surface area contributed by atoms with Crippen LogP contribution in [0.15, 0.2) is 17.6 Å². The second-order valence-corrected chi connectivity index (χ2v) is 5.31. The number of nitrogens with zero attached hydrogens (tertiary/aromatic N) is 3. The number of halogens is 1. The summed E-state index contributed by atoms with van der Waals surface area (Å²) in [5, 5.41) is 12.9. The third-order valence-corrected chi connectivity index (χ3v) is 3.99. The molecule has 1 aromatic carbocycles. The molecular weight excluding hydrogens is 308 g/mol. The first-order valence-corrected chi connectivity index (χ1v) is 7.00. The lowest BCUT2D eigenvalue weighted by molar-refractivity contribution is 0.0692. The van der Waals surface area contributed by atoms with Crippen molar-refractivity contribution in [2.24, 2.45) is 0 Å². The fourth-order valence-corrected chi connectivity index (χ4v) is 2.96. The van der Waals surface area contributed by atoms with E-state index in [4.69, 9.17) is 16.7 Å². The fourth-order valence-electron chi connectivity index (χ4n) is 1.55. The normalized spacial score (nSPS) is 10.8. The first-order chi connectivity index (χ1) is 9.16. The van der Waals surface area contributed by atoms with Gasteiger partial charge in [0, 0.05) is 0 Å². The van der Waals surface area contributed by atoms with Gasteiger partial charge in [-0.1, -0.05) is 11.6 Å². The van der Waals surface area contributed by atoms with Crippen molar-refractivity contribution in [3.63, 3.8) is 0 Å². The van der Waals surface area contributed by atoms with Crippen LogP contribution in [-0.2, 0) is 0 Å². The van der Waals surface area contributed by atoms with E-state index in [2.05, 4.69) is 19.0 Å². The lowest BCUT2D eigenvalue weighted by Gasteiger charge is -2.07. The number of aromatic nitrogens is 3. The van der Waals surface area contributed by atoms with Gasteiger partial charge in [0.1, 0.15) is 16.0 Å². The number of hydrogen-bond acceptors (Lipinski definition) is 7. The van der Waals surface area contributed by atoms with E-state index in [1.54, 1.807) is 12.1 Å². The third kappa shape index (κ3) is 2.14. The summed E-state index contributed by atoms with van der Waals surface area (Å²) in [5.41, 5.74) is 3.28. The van der Waals surface area contributed by atoms with E-state index in [-0.39, 0.29) is 5.69 Å². The van der Waals surface area contributed by atoms with Gasteiger partial charge in [-0.2, -0.15) is 8.75 Å². The molecule has 3 rings (SSSR count). The predicted octanol–water partition coefficient (Wildman–Crippen LogP) is 3.24. The number of carbonyl (C=O) groups is 1. The molecule has 2 aromatic heterocycles. The van der Waals surface area contributed by atoms with E-state index in [1.165, 1.54) is 16.8 Å². The molecule has 0 aliphatic carbocycles. The van der Waals surface area contributed by atoms with Crippen molar-refractivity contribution in [2.45, 2.75) is 0 Å². The molecule has 2 heterocycles. The number of nitrogens with one attached hydrogen (secondary N) is 1. The zero-order chi connectivity index (χ0) is 13.4. The highest BCUT2D eigenvalue weighted by atomic mass is 35.5. The Hall–Kier alpha value is -1.77. The van der Waals surface area contributed by atoms with Crippen LogP contribution >= 0.6 is 34.7 Å². The molecule has 96 valence electrons. The summed E-state index contributed by atoms with van der Waals surface area (Å²) in [5.74, 6) is -1.09. The second kappa shape index (κ2) is 4.72. The highest BCUT2D eigenvalue weighted by molar-refractivity contribution is 7.14. The highest BCUT2D eigenvalue weighted by Crippen LogP contribution is 2.34. The first-order valence-electron chi connectivity index (χ1n) is 5.01. The largest absolute Gasteiger partial charge is 0.476 e. The molecular formula is C10H5ClN4O2S2. The van der Waals surface area contributed by atoms with Gasteiger partial charge >= 0.3 is 5.97 Å². The molecule has 0 radical (unpaired) electrons. The molecule has 19 heavy (non-hydrogen) atoms. The number of aromatic carboxylic acids is 1. The lowest BCUT2D eigenvalue weighted by atomic mass is 10.2. The molecule has 0 amide bonds. The second-order valence-electron chi connectivity index (χ2n) is 3.51. The van der Waals surface area contributed by atoms with E-state index in [9.17, 15) is 4.79 Å². The summed E-state index contributed by atoms with van der Waals surface area (Å²) in [6, 6.07) is 3.45. The number of carboxylic acids is 1. The van der Waals surface area contributed by atoms with Gasteiger partial charge in [-0.25, -0.2) is 9.78 Å². The van der Waals surface area contributed by atoms with Crippen LogP contribution in [0.25, 0.3) is 11.0 Å². The number of fused-ring (bicyclic) bond motifs is 1. The number of thiazole rings is 1. The summed E-state index contributed by atoms with van der Waals surface area (Å²) in [4.78, 5) is 14.8. The number of rotatable bonds is 3. The lowest BCUT2D eigenvalue weighted by Crippen LogP contribution is -2.01. The summed E-state index contributed by atoms with van der Waals surface area (Å²) < 4.78 is 8.27. The number of anilines is 2. The molecule has 0 aliphatic rings. The minimum absolute atomic E-state index is 0.0405. The highest BCUT2D eigenvalue weighted by Gasteiger charge is 2.17. The van der Waals surface area contributed by atoms with Crippen molar-refractivity contribution < 1.29 is 9.90 Å². The maximum Gasteiger partial charge on any atom is 0.357 e. The molecule has 2 N–H and O–H groups in total. The van der Waals surface area contributed by atoms with Gasteiger partial charge in [-0.3, -0.25) is 0 Å². The molecule has 0 saturated heterocycles. The SMILES string of the molecule is O=C(O)c1ncsc1Nc1c(Cl)ccc2nsnc12. The van der Waals surface area contributed by atoms with Crippen LogP contribution in [0, 0.1) is 0 Å². The van der Waals surface area contributed by atoms with Crippen LogP contribution in [0.5, 0.6) is 0 Å². The Labute approximate surface area is 120 Å². The third-order valence-electron chi connectivity index (χ3n) is 2.39. The Morgan fingerprint density at radius 2 is 2.21 bits per heavy atom. The molecule has 3 aromatic rings. The van der Waals surface area contributed by atoms with Crippen LogP contribution < -0.4 is 5.32 Å². The molecule has 6 nitrogen and oxygen atoms in total. The Bertz CT molecular complexity index is 770. The summed E-state index contributed by atoms with van der Waals surface area (Å²) in [6.45, 7) is 0.